The number of halogens is 1. The molecule has 10 heteroatoms. The van der Waals surface area contributed by atoms with Gasteiger partial charge in [0.05, 0.1) is 24.7 Å². The van der Waals surface area contributed by atoms with E-state index in [0.717, 1.165) is 66.5 Å². The standard InChI is InChI=1S/C29H30ClN3O3S.C4H9NO/c1-2-32-18-24(28(36)31-16-19-10-12-21(30)13-11-19)27(35)23-15-22(37-29(23)32)17-33-14-6-9-25(33)26(34)20-7-4-3-5-8-20;1-3-6-4-2-5-1/h3-5,7-8,10-13,15,18,25-26,34H,2,6,9,14,16-17H2,1H3,(H,31,36);5H,1-4H2/t25-,26+;/m1./s1. The van der Waals surface area contributed by atoms with Gasteiger partial charge in [-0.1, -0.05) is 54.1 Å². The SMILES string of the molecule is C1COCCN1.CCn1cc(C(=O)NCc2ccc(Cl)cc2)c(=O)c2cc(CN3CCC[C@@H]3[C@@H](O)c3ccccc3)sc21. The minimum Gasteiger partial charge on any atom is -0.387 e. The number of aliphatic hydroxyl groups excluding tert-OH is 1. The molecule has 6 rings (SSSR count). The smallest absolute Gasteiger partial charge is 0.257 e. The molecular formula is C33H39ClN4O4S. The Kier molecular flexibility index (Phi) is 11.0. The number of morpholine rings is 1. The summed E-state index contributed by atoms with van der Waals surface area (Å²) in [5.41, 5.74) is 1.73. The van der Waals surface area contributed by atoms with E-state index in [1.54, 1.807) is 29.7 Å². The van der Waals surface area contributed by atoms with E-state index >= 15 is 0 Å². The van der Waals surface area contributed by atoms with E-state index in [4.69, 9.17) is 16.3 Å². The Hall–Kier alpha value is -3.05. The molecule has 228 valence electrons. The van der Waals surface area contributed by atoms with Gasteiger partial charge in [0.15, 0.2) is 0 Å². The van der Waals surface area contributed by atoms with Crippen molar-refractivity contribution in [1.29, 1.82) is 0 Å². The number of amides is 1. The lowest BCUT2D eigenvalue weighted by Crippen LogP contribution is -2.33. The zero-order valence-corrected chi connectivity index (χ0v) is 26.0. The maximum Gasteiger partial charge on any atom is 0.257 e. The van der Waals surface area contributed by atoms with Gasteiger partial charge in [-0.15, -0.1) is 11.3 Å². The normalized spacial score (nSPS) is 17.8. The fourth-order valence-electron chi connectivity index (χ4n) is 5.57. The average molecular weight is 623 g/mol. The molecule has 4 heterocycles. The van der Waals surface area contributed by atoms with Crippen LogP contribution in [0.2, 0.25) is 5.02 Å². The number of hydrogen-bond donors (Lipinski definition) is 3. The van der Waals surface area contributed by atoms with Crippen LogP contribution in [0.1, 0.15) is 52.2 Å². The topological polar surface area (TPSA) is 95.8 Å². The summed E-state index contributed by atoms with van der Waals surface area (Å²) in [5.74, 6) is -0.387. The zero-order chi connectivity index (χ0) is 30.2. The average Bonchev–Trinajstić information content (AvgIpc) is 3.70. The van der Waals surface area contributed by atoms with Crippen molar-refractivity contribution in [3.63, 3.8) is 0 Å². The molecule has 2 fully saturated rings. The monoisotopic (exact) mass is 622 g/mol. The van der Waals surface area contributed by atoms with E-state index in [0.29, 0.717) is 30.0 Å². The van der Waals surface area contributed by atoms with Crippen molar-refractivity contribution in [1.82, 2.24) is 20.1 Å². The summed E-state index contributed by atoms with van der Waals surface area (Å²) in [6, 6.07) is 19.0. The number of aryl methyl sites for hydroxylation is 1. The van der Waals surface area contributed by atoms with Crippen molar-refractivity contribution in [3.05, 3.63) is 104 Å². The Balaban J connectivity index is 0.000000548. The lowest BCUT2D eigenvalue weighted by Gasteiger charge is -2.28. The number of hydrogen-bond acceptors (Lipinski definition) is 7. The molecule has 2 aromatic heterocycles. The van der Waals surface area contributed by atoms with Gasteiger partial charge in [-0.05, 0) is 55.6 Å². The fraction of sp³-hybridized carbons (Fsp3) is 0.394. The van der Waals surface area contributed by atoms with Crippen molar-refractivity contribution >= 4 is 39.1 Å². The first-order valence-electron chi connectivity index (χ1n) is 14.9. The molecule has 0 radical (unpaired) electrons. The maximum atomic E-state index is 13.4. The second-order valence-electron chi connectivity index (χ2n) is 10.8. The number of thiophene rings is 1. The number of pyridine rings is 1. The minimum absolute atomic E-state index is 0.0341. The number of nitrogens with one attached hydrogen (secondary N) is 2. The second-order valence-corrected chi connectivity index (χ2v) is 12.3. The molecule has 0 unspecified atom stereocenters. The molecule has 2 aliphatic rings. The minimum atomic E-state index is -0.551. The number of rotatable bonds is 8. The van der Waals surface area contributed by atoms with Crippen LogP contribution in [0.5, 0.6) is 0 Å². The molecule has 0 spiro atoms. The molecule has 8 nitrogen and oxygen atoms in total. The van der Waals surface area contributed by atoms with Crippen molar-refractivity contribution in [3.8, 4) is 0 Å². The van der Waals surface area contributed by atoms with Gasteiger partial charge in [0.25, 0.3) is 5.91 Å². The Labute approximate surface area is 261 Å². The first-order valence-corrected chi connectivity index (χ1v) is 16.1. The molecule has 0 saturated carbocycles. The Morgan fingerprint density at radius 1 is 1.16 bits per heavy atom. The number of aromatic nitrogens is 1. The predicted octanol–water partition coefficient (Wildman–Crippen LogP) is 4.97. The third kappa shape index (κ3) is 7.92. The number of fused-ring (bicyclic) bond motifs is 1. The van der Waals surface area contributed by atoms with Crippen molar-refractivity contribution in [2.75, 3.05) is 32.8 Å². The van der Waals surface area contributed by atoms with E-state index < -0.39 is 6.10 Å². The largest absolute Gasteiger partial charge is 0.387 e. The molecular weight excluding hydrogens is 584 g/mol. The van der Waals surface area contributed by atoms with Gasteiger partial charge in [-0.2, -0.15) is 0 Å². The third-order valence-electron chi connectivity index (χ3n) is 7.88. The highest BCUT2D eigenvalue weighted by Gasteiger charge is 2.32. The van der Waals surface area contributed by atoms with Gasteiger partial charge in [0.2, 0.25) is 5.43 Å². The van der Waals surface area contributed by atoms with E-state index in [2.05, 4.69) is 15.5 Å². The highest BCUT2D eigenvalue weighted by atomic mass is 35.5. The third-order valence-corrected chi connectivity index (χ3v) is 9.28. The van der Waals surface area contributed by atoms with Gasteiger partial charge in [-0.3, -0.25) is 14.5 Å². The number of aliphatic hydroxyl groups is 1. The predicted molar refractivity (Wildman–Crippen MR) is 173 cm³/mol. The van der Waals surface area contributed by atoms with E-state index in [9.17, 15) is 14.7 Å². The summed E-state index contributed by atoms with van der Waals surface area (Å²) >= 11 is 7.53. The maximum absolute atomic E-state index is 13.4. The molecule has 43 heavy (non-hydrogen) atoms. The molecule has 2 saturated heterocycles. The molecule has 2 aliphatic heterocycles. The molecule has 0 bridgehead atoms. The number of carbonyl (C=O) groups excluding carboxylic acids is 1. The number of likely N-dealkylation sites (tertiary alicyclic amines) is 1. The molecule has 1 amide bonds. The Bertz CT molecular complexity index is 1540. The molecule has 2 atom stereocenters. The fourth-order valence-corrected chi connectivity index (χ4v) is 6.92. The summed E-state index contributed by atoms with van der Waals surface area (Å²) < 4.78 is 6.98. The lowest BCUT2D eigenvalue weighted by molar-refractivity contribution is 0.0693. The van der Waals surface area contributed by atoms with Crippen LogP contribution in [0.15, 0.2) is 71.7 Å². The first-order chi connectivity index (χ1) is 20.9. The summed E-state index contributed by atoms with van der Waals surface area (Å²) in [6.45, 7) is 8.36. The highest BCUT2D eigenvalue weighted by molar-refractivity contribution is 7.18. The van der Waals surface area contributed by atoms with Crippen molar-refractivity contribution < 1.29 is 14.6 Å². The van der Waals surface area contributed by atoms with Crippen molar-refractivity contribution in [2.24, 2.45) is 0 Å². The van der Waals surface area contributed by atoms with Crippen LogP contribution in [0.25, 0.3) is 10.2 Å². The number of nitrogens with zero attached hydrogens (tertiary/aromatic N) is 2. The Morgan fingerprint density at radius 2 is 1.91 bits per heavy atom. The Morgan fingerprint density at radius 3 is 2.56 bits per heavy atom. The van der Waals surface area contributed by atoms with E-state index in [-0.39, 0.29) is 22.9 Å². The van der Waals surface area contributed by atoms with Crippen molar-refractivity contribution in [2.45, 2.75) is 51.5 Å². The van der Waals surface area contributed by atoms with Crippen LogP contribution < -0.4 is 16.1 Å². The van der Waals surface area contributed by atoms with Gasteiger partial charge >= 0.3 is 0 Å². The van der Waals surface area contributed by atoms with E-state index in [1.807, 2.05) is 60.0 Å². The number of carbonyl (C=O) groups is 1. The van der Waals surface area contributed by atoms with Crippen LogP contribution >= 0.6 is 22.9 Å². The summed E-state index contributed by atoms with van der Waals surface area (Å²) in [5, 5.41) is 18.3. The molecule has 2 aromatic carbocycles. The molecule has 4 aromatic rings. The van der Waals surface area contributed by atoms with Crippen LogP contribution in [-0.2, 0) is 24.4 Å². The van der Waals surface area contributed by atoms with Crippen LogP contribution in [0.3, 0.4) is 0 Å². The van der Waals surface area contributed by atoms with Gasteiger partial charge in [-0.25, -0.2) is 0 Å². The highest BCUT2D eigenvalue weighted by Crippen LogP contribution is 2.33. The summed E-state index contributed by atoms with van der Waals surface area (Å²) in [7, 11) is 0. The van der Waals surface area contributed by atoms with Crippen LogP contribution in [0, 0.1) is 0 Å². The molecule has 0 aliphatic carbocycles. The van der Waals surface area contributed by atoms with Gasteiger partial charge < -0.3 is 25.0 Å². The van der Waals surface area contributed by atoms with Crippen LogP contribution in [0.4, 0.5) is 0 Å². The zero-order valence-electron chi connectivity index (χ0n) is 24.4. The number of benzene rings is 2. The van der Waals surface area contributed by atoms with Gasteiger partial charge in [0, 0.05) is 54.9 Å². The molecule has 3 N–H and O–H groups in total. The summed E-state index contributed by atoms with van der Waals surface area (Å²) in [4.78, 5) is 30.6. The first kappa shape index (κ1) is 31.4. The quantitative estimate of drug-likeness (QED) is 0.257. The second kappa shape index (κ2) is 15.1. The number of ether oxygens (including phenoxy) is 1. The van der Waals surface area contributed by atoms with Gasteiger partial charge in [0.1, 0.15) is 10.4 Å². The summed E-state index contributed by atoms with van der Waals surface area (Å²) in [6.07, 6.45) is 3.07. The lowest BCUT2D eigenvalue weighted by atomic mass is 10.0. The van der Waals surface area contributed by atoms with E-state index in [1.165, 1.54) is 0 Å². The van der Waals surface area contributed by atoms with Crippen LogP contribution in [-0.4, -0.2) is 59.4 Å².